The lowest BCUT2D eigenvalue weighted by Crippen LogP contribution is -2.31. The van der Waals surface area contributed by atoms with Crippen LogP contribution < -0.4 is 20.1 Å². The molecule has 2 aromatic rings. The third-order valence-corrected chi connectivity index (χ3v) is 3.52. The molecule has 4 nitrogen and oxygen atoms in total. The minimum atomic E-state index is 0.116. The van der Waals surface area contributed by atoms with Crippen molar-refractivity contribution < 1.29 is 9.47 Å². The Hall–Kier alpha value is -2.27. The maximum atomic E-state index is 5.37. The number of hydrogen-bond donors (Lipinski definition) is 2. The summed E-state index contributed by atoms with van der Waals surface area (Å²) >= 11 is 5.37. The normalized spacial score (nSPS) is 11.4. The predicted octanol–water partition coefficient (Wildman–Crippen LogP) is 3.75. The minimum absolute atomic E-state index is 0.116. The summed E-state index contributed by atoms with van der Waals surface area (Å²) in [6, 6.07) is 15.8. The number of nitrogens with one attached hydrogen (secondary N) is 2. The quantitative estimate of drug-likeness (QED) is 0.822. The second kappa shape index (κ2) is 7.66. The molecule has 0 aliphatic heterocycles. The van der Waals surface area contributed by atoms with Gasteiger partial charge < -0.3 is 20.1 Å². The van der Waals surface area contributed by atoms with Gasteiger partial charge in [0.05, 0.1) is 25.9 Å². The first-order valence-corrected chi connectivity index (χ1v) is 7.39. The summed E-state index contributed by atoms with van der Waals surface area (Å²) < 4.78 is 10.5. The highest BCUT2D eigenvalue weighted by atomic mass is 32.1. The average Bonchev–Trinajstić information content (AvgIpc) is 2.55. The summed E-state index contributed by atoms with van der Waals surface area (Å²) in [5.74, 6) is 1.41. The fraction of sp³-hybridized carbons (Fsp3) is 0.235. The van der Waals surface area contributed by atoms with Gasteiger partial charge in [0.2, 0.25) is 0 Å². The maximum Gasteiger partial charge on any atom is 0.171 e. The molecule has 0 radical (unpaired) electrons. The number of anilines is 1. The molecule has 0 heterocycles. The molecule has 0 fully saturated rings. The number of rotatable bonds is 5. The fourth-order valence-electron chi connectivity index (χ4n) is 2.08. The maximum absolute atomic E-state index is 5.37. The molecular weight excluding hydrogens is 296 g/mol. The van der Waals surface area contributed by atoms with Crippen molar-refractivity contribution in [2.75, 3.05) is 19.5 Å². The van der Waals surface area contributed by atoms with Crippen molar-refractivity contribution in [2.24, 2.45) is 0 Å². The van der Waals surface area contributed by atoms with E-state index in [-0.39, 0.29) is 6.04 Å². The van der Waals surface area contributed by atoms with E-state index in [9.17, 15) is 0 Å². The molecule has 0 aliphatic carbocycles. The second-order valence-corrected chi connectivity index (χ2v) is 5.21. The Morgan fingerprint density at radius 1 is 1.05 bits per heavy atom. The molecule has 22 heavy (non-hydrogen) atoms. The lowest BCUT2D eigenvalue weighted by Gasteiger charge is -2.18. The van der Waals surface area contributed by atoms with Crippen LogP contribution >= 0.6 is 12.2 Å². The van der Waals surface area contributed by atoms with E-state index in [0.29, 0.717) is 10.9 Å². The Morgan fingerprint density at radius 2 is 1.77 bits per heavy atom. The van der Waals surface area contributed by atoms with E-state index in [4.69, 9.17) is 21.7 Å². The van der Waals surface area contributed by atoms with Crippen molar-refractivity contribution in [3.8, 4) is 11.5 Å². The third kappa shape index (κ3) is 4.11. The molecule has 0 saturated carbocycles. The van der Waals surface area contributed by atoms with E-state index in [1.54, 1.807) is 14.2 Å². The Morgan fingerprint density at radius 3 is 2.41 bits per heavy atom. The number of ether oxygens (including phenoxy) is 2. The molecule has 2 N–H and O–H groups in total. The van der Waals surface area contributed by atoms with Crippen LogP contribution in [0.4, 0.5) is 5.69 Å². The number of methoxy groups -OCH3 is 2. The number of benzene rings is 2. The largest absolute Gasteiger partial charge is 0.497 e. The standard InChI is InChI=1S/C17H20N2O2S/c1-12(13-7-5-4-6-8-13)18-17(22)19-15-10-9-14(20-2)11-16(15)21-3/h4-12H,1-3H3,(H2,18,19,22)/t12-/m1/s1. The molecule has 116 valence electrons. The first-order chi connectivity index (χ1) is 10.6. The van der Waals surface area contributed by atoms with Gasteiger partial charge in [0.25, 0.3) is 0 Å². The van der Waals surface area contributed by atoms with Gasteiger partial charge in [-0.25, -0.2) is 0 Å². The van der Waals surface area contributed by atoms with Gasteiger partial charge in [-0.05, 0) is 36.8 Å². The van der Waals surface area contributed by atoms with Crippen molar-refractivity contribution in [1.29, 1.82) is 0 Å². The molecular formula is C17H20N2O2S. The summed E-state index contributed by atoms with van der Waals surface area (Å²) in [5, 5.41) is 6.95. The van der Waals surface area contributed by atoms with Crippen LogP contribution in [-0.2, 0) is 0 Å². The third-order valence-electron chi connectivity index (χ3n) is 3.30. The summed E-state index contributed by atoms with van der Waals surface area (Å²) in [7, 11) is 3.23. The highest BCUT2D eigenvalue weighted by molar-refractivity contribution is 7.80. The predicted molar refractivity (Wildman–Crippen MR) is 93.8 cm³/mol. The van der Waals surface area contributed by atoms with Crippen molar-refractivity contribution in [3.05, 3.63) is 54.1 Å². The van der Waals surface area contributed by atoms with E-state index in [1.165, 1.54) is 5.56 Å². The molecule has 0 aliphatic rings. The Labute approximate surface area is 136 Å². The molecule has 0 bridgehead atoms. The van der Waals surface area contributed by atoms with Crippen LogP contribution in [0.1, 0.15) is 18.5 Å². The van der Waals surface area contributed by atoms with E-state index < -0.39 is 0 Å². The van der Waals surface area contributed by atoms with Crippen LogP contribution in [0.2, 0.25) is 0 Å². The second-order valence-electron chi connectivity index (χ2n) is 4.80. The Balaban J connectivity index is 2.03. The smallest absolute Gasteiger partial charge is 0.171 e. The lowest BCUT2D eigenvalue weighted by atomic mass is 10.1. The zero-order chi connectivity index (χ0) is 15.9. The summed E-state index contributed by atoms with van der Waals surface area (Å²) in [6.07, 6.45) is 0. The first kappa shape index (κ1) is 16.1. The summed E-state index contributed by atoms with van der Waals surface area (Å²) in [4.78, 5) is 0. The average molecular weight is 316 g/mol. The molecule has 0 unspecified atom stereocenters. The summed E-state index contributed by atoms with van der Waals surface area (Å²) in [5.41, 5.74) is 1.97. The molecule has 2 rings (SSSR count). The molecule has 2 aromatic carbocycles. The molecule has 0 aromatic heterocycles. The molecule has 1 atom stereocenters. The van der Waals surface area contributed by atoms with Crippen LogP contribution in [0.25, 0.3) is 0 Å². The molecule has 0 spiro atoms. The Kier molecular flexibility index (Phi) is 5.61. The van der Waals surface area contributed by atoms with Crippen molar-refractivity contribution in [3.63, 3.8) is 0 Å². The van der Waals surface area contributed by atoms with Crippen molar-refractivity contribution >= 4 is 23.0 Å². The van der Waals surface area contributed by atoms with E-state index in [0.717, 1.165) is 11.4 Å². The van der Waals surface area contributed by atoms with Crippen LogP contribution in [0.3, 0.4) is 0 Å². The Bertz CT molecular complexity index is 632. The highest BCUT2D eigenvalue weighted by Gasteiger charge is 2.09. The fourth-order valence-corrected chi connectivity index (χ4v) is 2.37. The molecule has 0 saturated heterocycles. The van der Waals surface area contributed by atoms with Gasteiger partial charge in [-0.2, -0.15) is 0 Å². The number of thiocarbonyl (C=S) groups is 1. The van der Waals surface area contributed by atoms with Gasteiger partial charge in [-0.15, -0.1) is 0 Å². The SMILES string of the molecule is COc1ccc(NC(=S)N[C@H](C)c2ccccc2)c(OC)c1. The van der Waals surface area contributed by atoms with Gasteiger partial charge in [0, 0.05) is 6.07 Å². The zero-order valence-corrected chi connectivity index (χ0v) is 13.7. The van der Waals surface area contributed by atoms with E-state index in [1.807, 2.05) is 36.4 Å². The minimum Gasteiger partial charge on any atom is -0.497 e. The van der Waals surface area contributed by atoms with Gasteiger partial charge in [0.1, 0.15) is 11.5 Å². The van der Waals surface area contributed by atoms with Crippen LogP contribution in [0, 0.1) is 0 Å². The number of hydrogen-bond acceptors (Lipinski definition) is 3. The van der Waals surface area contributed by atoms with Gasteiger partial charge in [-0.3, -0.25) is 0 Å². The highest BCUT2D eigenvalue weighted by Crippen LogP contribution is 2.29. The zero-order valence-electron chi connectivity index (χ0n) is 12.9. The first-order valence-electron chi connectivity index (χ1n) is 6.98. The lowest BCUT2D eigenvalue weighted by molar-refractivity contribution is 0.395. The van der Waals surface area contributed by atoms with Crippen LogP contribution in [0.5, 0.6) is 11.5 Å². The van der Waals surface area contributed by atoms with Crippen LogP contribution in [-0.4, -0.2) is 19.3 Å². The molecule has 0 amide bonds. The van der Waals surface area contributed by atoms with Crippen LogP contribution in [0.15, 0.2) is 48.5 Å². The summed E-state index contributed by atoms with van der Waals surface area (Å²) in [6.45, 7) is 2.06. The molecule has 5 heteroatoms. The van der Waals surface area contributed by atoms with E-state index in [2.05, 4.69) is 29.7 Å². The van der Waals surface area contributed by atoms with Gasteiger partial charge in [-0.1, -0.05) is 30.3 Å². The van der Waals surface area contributed by atoms with Gasteiger partial charge in [0.15, 0.2) is 5.11 Å². The monoisotopic (exact) mass is 316 g/mol. The topological polar surface area (TPSA) is 42.5 Å². The van der Waals surface area contributed by atoms with Gasteiger partial charge >= 0.3 is 0 Å². The van der Waals surface area contributed by atoms with Crippen molar-refractivity contribution in [1.82, 2.24) is 5.32 Å². The van der Waals surface area contributed by atoms with Crippen molar-refractivity contribution in [2.45, 2.75) is 13.0 Å². The van der Waals surface area contributed by atoms with E-state index >= 15 is 0 Å².